The first-order chi connectivity index (χ1) is 11.5. The van der Waals surface area contributed by atoms with Crippen molar-refractivity contribution in [2.24, 2.45) is 0 Å². The van der Waals surface area contributed by atoms with Crippen LogP contribution < -0.4 is 10.6 Å². The number of rotatable bonds is 7. The van der Waals surface area contributed by atoms with Crippen LogP contribution in [0.5, 0.6) is 0 Å². The van der Waals surface area contributed by atoms with Crippen molar-refractivity contribution in [3.8, 4) is 0 Å². The molecule has 0 radical (unpaired) electrons. The van der Waals surface area contributed by atoms with E-state index in [1.54, 1.807) is 25.1 Å². The number of anilines is 1. The maximum absolute atomic E-state index is 11.7. The zero-order valence-corrected chi connectivity index (χ0v) is 13.3. The summed E-state index contributed by atoms with van der Waals surface area (Å²) >= 11 is 0. The number of amides is 2. The first kappa shape index (κ1) is 18.9. The molecule has 0 fully saturated rings. The van der Waals surface area contributed by atoms with E-state index in [0.717, 1.165) is 12.2 Å². The molecule has 0 saturated carbocycles. The number of hydrogen-bond donors (Lipinski definition) is 2. The van der Waals surface area contributed by atoms with Gasteiger partial charge in [0.15, 0.2) is 6.61 Å². The molecule has 1 aromatic carbocycles. The first-order valence-electron chi connectivity index (χ1n) is 7.09. The van der Waals surface area contributed by atoms with Gasteiger partial charge in [0.25, 0.3) is 11.8 Å². The van der Waals surface area contributed by atoms with Gasteiger partial charge in [-0.05, 0) is 25.1 Å². The first-order valence-corrected chi connectivity index (χ1v) is 7.09. The monoisotopic (exact) mass is 334 g/mol. The van der Waals surface area contributed by atoms with E-state index in [1.807, 2.05) is 0 Å². The molecular formula is C16H18N2O6. The lowest BCUT2D eigenvalue weighted by Crippen LogP contribution is -2.21. The summed E-state index contributed by atoms with van der Waals surface area (Å²) < 4.78 is 9.27. The third-order valence-electron chi connectivity index (χ3n) is 2.62. The number of benzene rings is 1. The van der Waals surface area contributed by atoms with Crippen molar-refractivity contribution in [3.05, 3.63) is 42.0 Å². The van der Waals surface area contributed by atoms with Crippen LogP contribution in [-0.4, -0.2) is 44.0 Å². The second-order valence-electron chi connectivity index (χ2n) is 4.40. The molecule has 1 aromatic rings. The van der Waals surface area contributed by atoms with Gasteiger partial charge in [0.2, 0.25) is 0 Å². The molecule has 24 heavy (non-hydrogen) atoms. The average Bonchev–Trinajstić information content (AvgIpc) is 2.58. The van der Waals surface area contributed by atoms with E-state index in [0.29, 0.717) is 11.3 Å². The molecule has 0 aliphatic carbocycles. The van der Waals surface area contributed by atoms with E-state index in [2.05, 4.69) is 20.1 Å². The van der Waals surface area contributed by atoms with Crippen molar-refractivity contribution < 1.29 is 28.7 Å². The van der Waals surface area contributed by atoms with Gasteiger partial charge in [0.1, 0.15) is 0 Å². The lowest BCUT2D eigenvalue weighted by Gasteiger charge is -2.07. The highest BCUT2D eigenvalue weighted by molar-refractivity contribution is 5.98. The standard InChI is InChI=1S/C16H18N2O6/c1-3-23-14(20)7-8-15(21)24-10-13(19)18-12-6-4-5-11(9-12)16(22)17-2/h4-9H,3,10H2,1-2H3,(H,17,22)(H,18,19)/b8-7+. The second kappa shape index (κ2) is 9.78. The lowest BCUT2D eigenvalue weighted by atomic mass is 10.2. The minimum atomic E-state index is -0.850. The number of hydrogen-bond acceptors (Lipinski definition) is 6. The van der Waals surface area contributed by atoms with Gasteiger partial charge in [-0.1, -0.05) is 6.07 Å². The fraction of sp³-hybridized carbons (Fsp3) is 0.250. The predicted octanol–water partition coefficient (Wildman–Crippen LogP) is 0.647. The van der Waals surface area contributed by atoms with Crippen molar-refractivity contribution in [1.29, 1.82) is 0 Å². The summed E-state index contributed by atoms with van der Waals surface area (Å²) in [5, 5.41) is 4.96. The van der Waals surface area contributed by atoms with Crippen LogP contribution in [0.1, 0.15) is 17.3 Å². The molecule has 0 heterocycles. The molecule has 128 valence electrons. The van der Waals surface area contributed by atoms with E-state index < -0.39 is 24.5 Å². The summed E-state index contributed by atoms with van der Waals surface area (Å²) in [6, 6.07) is 6.27. The average molecular weight is 334 g/mol. The molecule has 0 aliphatic heterocycles. The van der Waals surface area contributed by atoms with Gasteiger partial charge in [-0.2, -0.15) is 0 Å². The molecule has 0 saturated heterocycles. The van der Waals surface area contributed by atoms with Gasteiger partial charge in [0.05, 0.1) is 6.61 Å². The largest absolute Gasteiger partial charge is 0.463 e. The highest BCUT2D eigenvalue weighted by Crippen LogP contribution is 2.10. The van der Waals surface area contributed by atoms with E-state index in [9.17, 15) is 19.2 Å². The molecule has 2 N–H and O–H groups in total. The van der Waals surface area contributed by atoms with Crippen LogP contribution in [0.25, 0.3) is 0 Å². The van der Waals surface area contributed by atoms with Crippen LogP contribution in [0, 0.1) is 0 Å². The van der Waals surface area contributed by atoms with Crippen LogP contribution in [-0.2, 0) is 23.9 Å². The van der Waals surface area contributed by atoms with Crippen LogP contribution in [0.15, 0.2) is 36.4 Å². The Hall–Kier alpha value is -3.16. The van der Waals surface area contributed by atoms with Gasteiger partial charge in [-0.3, -0.25) is 9.59 Å². The molecule has 0 atom stereocenters. The van der Waals surface area contributed by atoms with E-state index in [-0.39, 0.29) is 12.5 Å². The Balaban J connectivity index is 2.48. The van der Waals surface area contributed by atoms with Crippen molar-refractivity contribution >= 4 is 29.4 Å². The number of ether oxygens (including phenoxy) is 2. The van der Waals surface area contributed by atoms with Crippen LogP contribution in [0.4, 0.5) is 5.69 Å². The Labute approximate surface area is 138 Å². The summed E-state index contributed by atoms with van der Waals surface area (Å²) in [6.45, 7) is 1.29. The van der Waals surface area contributed by atoms with Crippen LogP contribution >= 0.6 is 0 Å². The maximum atomic E-state index is 11.7. The number of carbonyl (C=O) groups excluding carboxylic acids is 4. The van der Waals surface area contributed by atoms with Gasteiger partial charge in [-0.25, -0.2) is 9.59 Å². The minimum absolute atomic E-state index is 0.190. The van der Waals surface area contributed by atoms with Gasteiger partial charge >= 0.3 is 11.9 Å². The smallest absolute Gasteiger partial charge is 0.331 e. The van der Waals surface area contributed by atoms with E-state index >= 15 is 0 Å². The summed E-state index contributed by atoms with van der Waals surface area (Å²) in [4.78, 5) is 45.6. The van der Waals surface area contributed by atoms with Gasteiger partial charge in [0, 0.05) is 30.5 Å². The molecule has 2 amide bonds. The van der Waals surface area contributed by atoms with Gasteiger partial charge in [-0.15, -0.1) is 0 Å². The van der Waals surface area contributed by atoms with E-state index in [4.69, 9.17) is 0 Å². The molecule has 8 heteroatoms. The molecular weight excluding hydrogens is 316 g/mol. The SMILES string of the molecule is CCOC(=O)/C=C/C(=O)OCC(=O)Nc1cccc(C(=O)NC)c1. The third-order valence-corrected chi connectivity index (χ3v) is 2.62. The summed E-state index contributed by atoms with van der Waals surface area (Å²) in [5.74, 6) is -2.40. The zero-order chi connectivity index (χ0) is 17.9. The molecule has 0 aromatic heterocycles. The van der Waals surface area contributed by atoms with Crippen molar-refractivity contribution in [2.45, 2.75) is 6.92 Å². The molecule has 0 unspecified atom stereocenters. The minimum Gasteiger partial charge on any atom is -0.463 e. The quantitative estimate of drug-likeness (QED) is 0.559. The second-order valence-corrected chi connectivity index (χ2v) is 4.40. The van der Waals surface area contributed by atoms with Crippen molar-refractivity contribution in [1.82, 2.24) is 5.32 Å². The summed E-state index contributed by atoms with van der Waals surface area (Å²) in [6.07, 6.45) is 1.79. The van der Waals surface area contributed by atoms with Crippen molar-refractivity contribution in [3.63, 3.8) is 0 Å². The third kappa shape index (κ3) is 6.73. The fourth-order valence-corrected chi connectivity index (χ4v) is 1.59. The molecule has 0 aliphatic rings. The maximum Gasteiger partial charge on any atom is 0.331 e. The molecule has 0 bridgehead atoms. The summed E-state index contributed by atoms with van der Waals surface area (Å²) in [5.41, 5.74) is 0.767. The van der Waals surface area contributed by atoms with Gasteiger partial charge < -0.3 is 20.1 Å². The Morgan fingerprint density at radius 3 is 2.38 bits per heavy atom. The Kier molecular flexibility index (Phi) is 7.69. The lowest BCUT2D eigenvalue weighted by molar-refractivity contribution is -0.143. The number of esters is 2. The number of carbonyl (C=O) groups is 4. The summed E-state index contributed by atoms with van der Waals surface area (Å²) in [7, 11) is 1.50. The normalized spacial score (nSPS) is 10.1. The van der Waals surface area contributed by atoms with Crippen LogP contribution in [0.3, 0.4) is 0 Å². The Morgan fingerprint density at radius 1 is 1.08 bits per heavy atom. The molecule has 1 rings (SSSR count). The molecule has 8 nitrogen and oxygen atoms in total. The van der Waals surface area contributed by atoms with Crippen LogP contribution in [0.2, 0.25) is 0 Å². The Morgan fingerprint density at radius 2 is 1.75 bits per heavy atom. The van der Waals surface area contributed by atoms with E-state index in [1.165, 1.54) is 13.1 Å². The fourth-order valence-electron chi connectivity index (χ4n) is 1.59. The highest BCUT2D eigenvalue weighted by Gasteiger charge is 2.08. The predicted molar refractivity (Wildman–Crippen MR) is 85.2 cm³/mol. The topological polar surface area (TPSA) is 111 Å². The zero-order valence-electron chi connectivity index (χ0n) is 13.3. The highest BCUT2D eigenvalue weighted by atomic mass is 16.5. The van der Waals surface area contributed by atoms with Crippen molar-refractivity contribution in [2.75, 3.05) is 25.6 Å². The molecule has 0 spiro atoms. The Bertz CT molecular complexity index is 654. The number of nitrogens with one attached hydrogen (secondary N) is 2.